The summed E-state index contributed by atoms with van der Waals surface area (Å²) in [5.74, 6) is 4.55. The van der Waals surface area contributed by atoms with E-state index in [-0.39, 0.29) is 0 Å². The summed E-state index contributed by atoms with van der Waals surface area (Å²) in [7, 11) is 0. The first kappa shape index (κ1) is 21.0. The molecule has 0 bridgehead atoms. The largest absolute Gasteiger partial charge is 0.0984 e. The van der Waals surface area contributed by atoms with Gasteiger partial charge in [0.25, 0.3) is 0 Å². The third kappa shape index (κ3) is 4.14. The van der Waals surface area contributed by atoms with Gasteiger partial charge in [-0.05, 0) is 90.2 Å². The summed E-state index contributed by atoms with van der Waals surface area (Å²) in [5, 5.41) is 0. The van der Waals surface area contributed by atoms with Gasteiger partial charge in [0.1, 0.15) is 0 Å². The van der Waals surface area contributed by atoms with E-state index in [0.717, 1.165) is 29.6 Å². The van der Waals surface area contributed by atoms with Gasteiger partial charge >= 0.3 is 0 Å². The Kier molecular flexibility index (Phi) is 6.38. The van der Waals surface area contributed by atoms with Gasteiger partial charge in [0.2, 0.25) is 0 Å². The standard InChI is InChI=1S/C29H42/c1-5-22-13-14-25(20-23(22)6-2)26-15-16-28-27(26)12-9-18-29(28,4)19-17-24-11-8-7-10-21(24)3/h5-6,13-14,20-21,24,26-28H,1-2,7-12,15-19H2,3-4H3. The lowest BCUT2D eigenvalue weighted by molar-refractivity contribution is 0.0519. The molecule has 0 amide bonds. The smallest absolute Gasteiger partial charge is 0.0130 e. The van der Waals surface area contributed by atoms with E-state index < -0.39 is 0 Å². The summed E-state index contributed by atoms with van der Waals surface area (Å²) >= 11 is 0. The molecule has 6 atom stereocenters. The molecule has 0 nitrogen and oxygen atoms in total. The van der Waals surface area contributed by atoms with Crippen molar-refractivity contribution in [2.75, 3.05) is 0 Å². The van der Waals surface area contributed by atoms with Crippen LogP contribution in [0.3, 0.4) is 0 Å². The van der Waals surface area contributed by atoms with Gasteiger partial charge in [-0.1, -0.05) is 89.5 Å². The van der Waals surface area contributed by atoms with Gasteiger partial charge in [0.05, 0.1) is 0 Å². The molecule has 0 heterocycles. The topological polar surface area (TPSA) is 0 Å². The Bertz CT molecular complexity index is 728. The molecule has 1 aromatic rings. The fourth-order valence-electron chi connectivity index (χ4n) is 7.51. The highest BCUT2D eigenvalue weighted by Crippen LogP contribution is 2.59. The highest BCUT2D eigenvalue weighted by molar-refractivity contribution is 5.64. The number of benzene rings is 1. The maximum absolute atomic E-state index is 4.04. The minimum atomic E-state index is 0.581. The van der Waals surface area contributed by atoms with Crippen molar-refractivity contribution in [3.05, 3.63) is 48.0 Å². The fourth-order valence-corrected chi connectivity index (χ4v) is 7.51. The summed E-state index contributed by atoms with van der Waals surface area (Å²) in [6, 6.07) is 7.05. The second-order valence-corrected chi connectivity index (χ2v) is 10.9. The lowest BCUT2D eigenvalue weighted by atomic mass is 9.59. The highest BCUT2D eigenvalue weighted by atomic mass is 14.5. The molecule has 3 fully saturated rings. The van der Waals surface area contributed by atoms with Crippen molar-refractivity contribution in [2.24, 2.45) is 29.1 Å². The molecular formula is C29H42. The SMILES string of the molecule is C=Cc1ccc(C2CCC3C2CCCC3(C)CCC2CCCCC2C)cc1C=C. The summed E-state index contributed by atoms with van der Waals surface area (Å²) in [6.45, 7) is 13.2. The molecule has 0 aliphatic heterocycles. The van der Waals surface area contributed by atoms with Gasteiger partial charge in [-0.15, -0.1) is 0 Å². The second-order valence-electron chi connectivity index (χ2n) is 10.9. The molecule has 0 N–H and O–H groups in total. The third-order valence-corrected chi connectivity index (χ3v) is 9.36. The molecule has 3 aliphatic carbocycles. The Balaban J connectivity index is 1.48. The molecule has 3 saturated carbocycles. The zero-order valence-corrected chi connectivity index (χ0v) is 19.0. The average Bonchev–Trinajstić information content (AvgIpc) is 3.18. The van der Waals surface area contributed by atoms with Crippen LogP contribution in [0.25, 0.3) is 12.2 Å². The Morgan fingerprint density at radius 2 is 1.76 bits per heavy atom. The average molecular weight is 391 g/mol. The van der Waals surface area contributed by atoms with Crippen LogP contribution in [0.15, 0.2) is 31.4 Å². The van der Waals surface area contributed by atoms with Crippen molar-refractivity contribution in [1.29, 1.82) is 0 Å². The fraction of sp³-hybridized carbons (Fsp3) is 0.655. The van der Waals surface area contributed by atoms with E-state index in [1.165, 1.54) is 81.8 Å². The van der Waals surface area contributed by atoms with E-state index >= 15 is 0 Å². The van der Waals surface area contributed by atoms with E-state index in [4.69, 9.17) is 0 Å². The zero-order chi connectivity index (χ0) is 20.4. The monoisotopic (exact) mass is 390 g/mol. The molecule has 0 radical (unpaired) electrons. The summed E-state index contributed by atoms with van der Waals surface area (Å²) in [5.41, 5.74) is 4.61. The van der Waals surface area contributed by atoms with Crippen LogP contribution in [0.1, 0.15) is 107 Å². The van der Waals surface area contributed by atoms with Gasteiger partial charge in [-0.2, -0.15) is 0 Å². The number of fused-ring (bicyclic) bond motifs is 1. The first-order chi connectivity index (χ1) is 14.1. The first-order valence-electron chi connectivity index (χ1n) is 12.4. The predicted molar refractivity (Wildman–Crippen MR) is 128 cm³/mol. The van der Waals surface area contributed by atoms with Gasteiger partial charge in [0, 0.05) is 0 Å². The van der Waals surface area contributed by atoms with Crippen LogP contribution in [0.5, 0.6) is 0 Å². The summed E-state index contributed by atoms with van der Waals surface area (Å²) in [4.78, 5) is 0. The predicted octanol–water partition coefficient (Wildman–Crippen LogP) is 8.88. The van der Waals surface area contributed by atoms with Crippen LogP contribution in [0.4, 0.5) is 0 Å². The van der Waals surface area contributed by atoms with Crippen LogP contribution >= 0.6 is 0 Å². The summed E-state index contributed by atoms with van der Waals surface area (Å²) < 4.78 is 0. The van der Waals surface area contributed by atoms with Crippen molar-refractivity contribution < 1.29 is 0 Å². The van der Waals surface area contributed by atoms with E-state index in [9.17, 15) is 0 Å². The van der Waals surface area contributed by atoms with E-state index in [1.807, 2.05) is 12.2 Å². The molecule has 4 rings (SSSR count). The van der Waals surface area contributed by atoms with Gasteiger partial charge in [-0.3, -0.25) is 0 Å². The van der Waals surface area contributed by atoms with E-state index in [1.54, 1.807) is 5.56 Å². The van der Waals surface area contributed by atoms with Crippen LogP contribution in [-0.4, -0.2) is 0 Å². The number of hydrogen-bond acceptors (Lipinski definition) is 0. The molecule has 158 valence electrons. The lowest BCUT2D eigenvalue weighted by Gasteiger charge is -2.46. The maximum atomic E-state index is 4.04. The van der Waals surface area contributed by atoms with Crippen LogP contribution in [0.2, 0.25) is 0 Å². The highest BCUT2D eigenvalue weighted by Gasteiger charge is 2.48. The molecule has 3 aliphatic rings. The van der Waals surface area contributed by atoms with Crippen LogP contribution in [0, 0.1) is 29.1 Å². The normalized spacial score (nSPS) is 37.1. The molecule has 0 saturated heterocycles. The number of hydrogen-bond donors (Lipinski definition) is 0. The van der Waals surface area contributed by atoms with E-state index in [2.05, 4.69) is 45.2 Å². The molecule has 0 spiro atoms. The van der Waals surface area contributed by atoms with Crippen molar-refractivity contribution in [1.82, 2.24) is 0 Å². The molecule has 6 unspecified atom stereocenters. The van der Waals surface area contributed by atoms with Crippen LogP contribution < -0.4 is 0 Å². The Labute approximate surface area is 179 Å². The first-order valence-corrected chi connectivity index (χ1v) is 12.4. The maximum Gasteiger partial charge on any atom is -0.0130 e. The Morgan fingerprint density at radius 3 is 2.52 bits per heavy atom. The summed E-state index contributed by atoms with van der Waals surface area (Å²) in [6.07, 6.45) is 20.0. The van der Waals surface area contributed by atoms with Crippen molar-refractivity contribution in [3.8, 4) is 0 Å². The second kappa shape index (κ2) is 8.83. The molecule has 0 aromatic heterocycles. The molecule has 0 heteroatoms. The molecule has 1 aromatic carbocycles. The van der Waals surface area contributed by atoms with Crippen molar-refractivity contribution in [2.45, 2.75) is 90.4 Å². The minimum absolute atomic E-state index is 0.581. The lowest BCUT2D eigenvalue weighted by Crippen LogP contribution is -2.36. The van der Waals surface area contributed by atoms with Gasteiger partial charge < -0.3 is 0 Å². The van der Waals surface area contributed by atoms with Crippen molar-refractivity contribution >= 4 is 12.2 Å². The van der Waals surface area contributed by atoms with Crippen molar-refractivity contribution in [3.63, 3.8) is 0 Å². The number of rotatable bonds is 6. The minimum Gasteiger partial charge on any atom is -0.0984 e. The Hall–Kier alpha value is -1.30. The quantitative estimate of drug-likeness (QED) is 0.455. The molecule has 29 heavy (non-hydrogen) atoms. The third-order valence-electron chi connectivity index (χ3n) is 9.36. The van der Waals surface area contributed by atoms with E-state index in [0.29, 0.717) is 5.41 Å². The van der Waals surface area contributed by atoms with Crippen LogP contribution in [-0.2, 0) is 0 Å². The van der Waals surface area contributed by atoms with Gasteiger partial charge in [0.15, 0.2) is 0 Å². The van der Waals surface area contributed by atoms with Gasteiger partial charge in [-0.25, -0.2) is 0 Å². The Morgan fingerprint density at radius 1 is 0.966 bits per heavy atom. The molecular weight excluding hydrogens is 348 g/mol. The zero-order valence-electron chi connectivity index (χ0n) is 19.0.